The Morgan fingerprint density at radius 2 is 1.86 bits per heavy atom. The van der Waals surface area contributed by atoms with Crippen molar-refractivity contribution in [1.82, 2.24) is 0 Å². The van der Waals surface area contributed by atoms with E-state index in [1.54, 1.807) is 6.08 Å². The Bertz CT molecular complexity index is 354. The number of anilines is 1. The SMILES string of the molecule is CC(=O)C=C(C)Nc1ccc(Br)cc1. The number of carbonyl (C=O) groups is 1. The summed E-state index contributed by atoms with van der Waals surface area (Å²) in [6.07, 6.45) is 1.57. The van der Waals surface area contributed by atoms with Crippen LogP contribution in [0, 0.1) is 0 Å². The molecule has 0 spiro atoms. The quantitative estimate of drug-likeness (QED) is 0.838. The van der Waals surface area contributed by atoms with Gasteiger partial charge in [0.05, 0.1) is 0 Å². The Labute approximate surface area is 92.1 Å². The van der Waals surface area contributed by atoms with Crippen molar-refractivity contribution in [3.05, 3.63) is 40.5 Å². The Hall–Kier alpha value is -1.09. The third-order valence-electron chi connectivity index (χ3n) is 1.61. The van der Waals surface area contributed by atoms with E-state index >= 15 is 0 Å². The van der Waals surface area contributed by atoms with Gasteiger partial charge >= 0.3 is 0 Å². The molecular weight excluding hydrogens is 242 g/mol. The van der Waals surface area contributed by atoms with Gasteiger partial charge in [-0.05, 0) is 44.2 Å². The van der Waals surface area contributed by atoms with Gasteiger partial charge in [0, 0.05) is 15.9 Å². The molecule has 0 bridgehead atoms. The lowest BCUT2D eigenvalue weighted by molar-refractivity contribution is -0.112. The average molecular weight is 254 g/mol. The van der Waals surface area contributed by atoms with Crippen LogP contribution in [0.2, 0.25) is 0 Å². The van der Waals surface area contributed by atoms with Crippen molar-refractivity contribution in [2.45, 2.75) is 13.8 Å². The highest BCUT2D eigenvalue weighted by Gasteiger charge is 1.94. The van der Waals surface area contributed by atoms with Crippen molar-refractivity contribution in [3.8, 4) is 0 Å². The van der Waals surface area contributed by atoms with Crippen molar-refractivity contribution < 1.29 is 4.79 Å². The lowest BCUT2D eigenvalue weighted by Crippen LogP contribution is -1.97. The first kappa shape index (κ1) is 11.0. The summed E-state index contributed by atoms with van der Waals surface area (Å²) in [6.45, 7) is 3.40. The maximum atomic E-state index is 10.8. The summed E-state index contributed by atoms with van der Waals surface area (Å²) in [6, 6.07) is 7.79. The van der Waals surface area contributed by atoms with E-state index in [9.17, 15) is 4.79 Å². The van der Waals surface area contributed by atoms with Crippen molar-refractivity contribution in [1.29, 1.82) is 0 Å². The molecule has 14 heavy (non-hydrogen) atoms. The van der Waals surface area contributed by atoms with Gasteiger partial charge < -0.3 is 5.32 Å². The van der Waals surface area contributed by atoms with Crippen molar-refractivity contribution in [3.63, 3.8) is 0 Å². The van der Waals surface area contributed by atoms with Crippen molar-refractivity contribution in [2.75, 3.05) is 5.32 Å². The van der Waals surface area contributed by atoms with Gasteiger partial charge in [-0.3, -0.25) is 4.79 Å². The van der Waals surface area contributed by atoms with Gasteiger partial charge in [-0.15, -0.1) is 0 Å². The average Bonchev–Trinajstić information content (AvgIpc) is 2.07. The summed E-state index contributed by atoms with van der Waals surface area (Å²) in [4.78, 5) is 10.8. The van der Waals surface area contributed by atoms with Crippen molar-refractivity contribution in [2.24, 2.45) is 0 Å². The Morgan fingerprint density at radius 1 is 1.29 bits per heavy atom. The largest absolute Gasteiger partial charge is 0.359 e. The number of rotatable bonds is 3. The maximum absolute atomic E-state index is 10.8. The normalized spacial score (nSPS) is 11.2. The summed E-state index contributed by atoms with van der Waals surface area (Å²) >= 11 is 3.36. The van der Waals surface area contributed by atoms with Crippen LogP contribution < -0.4 is 5.32 Å². The first-order valence-electron chi connectivity index (χ1n) is 4.29. The Balaban J connectivity index is 2.69. The molecule has 0 amide bonds. The Morgan fingerprint density at radius 3 is 2.36 bits per heavy atom. The fraction of sp³-hybridized carbons (Fsp3) is 0.182. The predicted octanol–water partition coefficient (Wildman–Crippen LogP) is 3.35. The van der Waals surface area contributed by atoms with Gasteiger partial charge in [0.25, 0.3) is 0 Å². The topological polar surface area (TPSA) is 29.1 Å². The molecule has 0 fully saturated rings. The fourth-order valence-electron chi connectivity index (χ4n) is 1.10. The summed E-state index contributed by atoms with van der Waals surface area (Å²) in [5.74, 6) is 0.0483. The Kier molecular flexibility index (Phi) is 3.89. The zero-order valence-electron chi connectivity index (χ0n) is 8.17. The lowest BCUT2D eigenvalue weighted by atomic mass is 10.3. The standard InChI is InChI=1S/C11H12BrNO/c1-8(7-9(2)14)13-11-5-3-10(12)4-6-11/h3-7,13H,1-2H3. The third-order valence-corrected chi connectivity index (χ3v) is 2.13. The molecule has 0 aliphatic rings. The van der Waals surface area contributed by atoms with Gasteiger partial charge in [0.15, 0.2) is 5.78 Å². The fourth-order valence-corrected chi connectivity index (χ4v) is 1.37. The van der Waals surface area contributed by atoms with Gasteiger partial charge in [0.1, 0.15) is 0 Å². The molecule has 0 unspecified atom stereocenters. The highest BCUT2D eigenvalue weighted by Crippen LogP contribution is 2.15. The van der Waals surface area contributed by atoms with Crippen LogP contribution in [0.4, 0.5) is 5.69 Å². The highest BCUT2D eigenvalue weighted by atomic mass is 79.9. The molecule has 0 saturated carbocycles. The number of carbonyl (C=O) groups excluding carboxylic acids is 1. The van der Waals surface area contributed by atoms with Gasteiger partial charge in [-0.25, -0.2) is 0 Å². The maximum Gasteiger partial charge on any atom is 0.154 e. The number of benzene rings is 1. The first-order chi connectivity index (χ1) is 6.58. The van der Waals surface area contributed by atoms with Crippen LogP contribution in [0.5, 0.6) is 0 Å². The molecule has 0 atom stereocenters. The van der Waals surface area contributed by atoms with Gasteiger partial charge in [0.2, 0.25) is 0 Å². The second-order valence-electron chi connectivity index (χ2n) is 3.07. The summed E-state index contributed by atoms with van der Waals surface area (Å²) in [5.41, 5.74) is 1.82. The molecule has 0 aliphatic carbocycles. The second-order valence-corrected chi connectivity index (χ2v) is 3.99. The van der Waals surface area contributed by atoms with Crippen LogP contribution in [-0.2, 0) is 4.79 Å². The van der Waals surface area contributed by atoms with E-state index in [-0.39, 0.29) is 5.78 Å². The smallest absolute Gasteiger partial charge is 0.154 e. The molecule has 0 aromatic heterocycles. The lowest BCUT2D eigenvalue weighted by Gasteiger charge is -2.05. The number of allylic oxidation sites excluding steroid dienone is 2. The minimum Gasteiger partial charge on any atom is -0.359 e. The van der Waals surface area contributed by atoms with E-state index in [0.29, 0.717) is 0 Å². The van der Waals surface area contributed by atoms with E-state index in [2.05, 4.69) is 21.2 Å². The molecule has 2 nitrogen and oxygen atoms in total. The molecule has 3 heteroatoms. The van der Waals surface area contributed by atoms with Crippen LogP contribution in [-0.4, -0.2) is 5.78 Å². The van der Waals surface area contributed by atoms with Crippen LogP contribution in [0.25, 0.3) is 0 Å². The number of halogens is 1. The molecule has 1 aromatic carbocycles. The zero-order chi connectivity index (χ0) is 10.6. The van der Waals surface area contributed by atoms with Crippen LogP contribution >= 0.6 is 15.9 Å². The number of hydrogen-bond acceptors (Lipinski definition) is 2. The molecular formula is C11H12BrNO. The van der Waals surface area contributed by atoms with E-state index in [0.717, 1.165) is 15.9 Å². The molecule has 0 saturated heterocycles. The first-order valence-corrected chi connectivity index (χ1v) is 5.08. The second kappa shape index (κ2) is 4.96. The van der Waals surface area contributed by atoms with E-state index in [1.165, 1.54) is 6.92 Å². The van der Waals surface area contributed by atoms with E-state index in [1.807, 2.05) is 31.2 Å². The molecule has 1 aromatic rings. The summed E-state index contributed by atoms with van der Waals surface area (Å²) in [7, 11) is 0. The number of hydrogen-bond donors (Lipinski definition) is 1. The molecule has 0 heterocycles. The molecule has 0 aliphatic heterocycles. The minimum atomic E-state index is 0.0483. The number of nitrogens with one attached hydrogen (secondary N) is 1. The molecule has 1 N–H and O–H groups in total. The van der Waals surface area contributed by atoms with E-state index < -0.39 is 0 Å². The van der Waals surface area contributed by atoms with Crippen molar-refractivity contribution >= 4 is 27.4 Å². The van der Waals surface area contributed by atoms with Crippen LogP contribution in [0.3, 0.4) is 0 Å². The predicted molar refractivity (Wildman–Crippen MR) is 62.2 cm³/mol. The highest BCUT2D eigenvalue weighted by molar-refractivity contribution is 9.10. The van der Waals surface area contributed by atoms with Gasteiger partial charge in [-0.1, -0.05) is 15.9 Å². The molecule has 74 valence electrons. The minimum absolute atomic E-state index is 0.0483. The number of ketones is 1. The third kappa shape index (κ3) is 3.75. The zero-order valence-corrected chi connectivity index (χ0v) is 9.76. The summed E-state index contributed by atoms with van der Waals surface area (Å²) in [5, 5.41) is 3.12. The van der Waals surface area contributed by atoms with Crippen LogP contribution in [0.15, 0.2) is 40.5 Å². The summed E-state index contributed by atoms with van der Waals surface area (Å²) < 4.78 is 1.04. The van der Waals surface area contributed by atoms with Crippen LogP contribution in [0.1, 0.15) is 13.8 Å². The van der Waals surface area contributed by atoms with E-state index in [4.69, 9.17) is 0 Å². The monoisotopic (exact) mass is 253 g/mol. The molecule has 1 rings (SSSR count). The molecule has 0 radical (unpaired) electrons. The van der Waals surface area contributed by atoms with Gasteiger partial charge in [-0.2, -0.15) is 0 Å².